The minimum absolute atomic E-state index is 0.139. The molecule has 0 fully saturated rings. The van der Waals surface area contributed by atoms with Crippen LogP contribution in [-0.2, 0) is 6.37 Å². The van der Waals surface area contributed by atoms with Crippen LogP contribution in [0.3, 0.4) is 0 Å². The average Bonchev–Trinajstić information content (AvgIpc) is 2.70. The van der Waals surface area contributed by atoms with Crippen LogP contribution in [0.5, 0.6) is 17.2 Å². The summed E-state index contributed by atoms with van der Waals surface area (Å²) in [7, 11) is -5.89. The Kier molecular flexibility index (Phi) is 3.56. The molecule has 1 N–H and O–H groups in total. The predicted molar refractivity (Wildman–Crippen MR) is 99.8 cm³/mol. The Morgan fingerprint density at radius 1 is 1.12 bits per heavy atom. The van der Waals surface area contributed by atoms with Crippen LogP contribution in [0, 0.1) is 6.92 Å². The van der Waals surface area contributed by atoms with E-state index in [0.717, 1.165) is 23.8 Å². The molecule has 0 aliphatic rings. The summed E-state index contributed by atoms with van der Waals surface area (Å²) in [5.41, 5.74) is 0.731. The van der Waals surface area contributed by atoms with Crippen molar-refractivity contribution in [1.29, 1.82) is 0 Å². The van der Waals surface area contributed by atoms with E-state index < -0.39 is 63.8 Å². The van der Waals surface area contributed by atoms with Crippen LogP contribution in [0.15, 0.2) is 42.5 Å². The van der Waals surface area contributed by atoms with Crippen molar-refractivity contribution in [2.75, 3.05) is 20.7 Å². The Hall–Kier alpha value is -2.20. The van der Waals surface area contributed by atoms with Crippen molar-refractivity contribution in [2.45, 2.75) is 38.6 Å². The number of benzene rings is 2. The van der Waals surface area contributed by atoms with Gasteiger partial charge in [0.2, 0.25) is 0 Å². The summed E-state index contributed by atoms with van der Waals surface area (Å²) in [4.78, 5) is 0. The van der Waals surface area contributed by atoms with E-state index >= 15 is 0 Å². The highest BCUT2D eigenvalue weighted by Crippen LogP contribution is 2.28. The first-order valence-corrected chi connectivity index (χ1v) is 7.65. The first-order chi connectivity index (χ1) is 16.2. The van der Waals surface area contributed by atoms with Gasteiger partial charge in [0.1, 0.15) is 12.4 Å². The number of methoxy groups -OCH3 is 2. The minimum Gasteiger partial charge on any atom is -0.493 e. The summed E-state index contributed by atoms with van der Waals surface area (Å²) < 4.78 is 99.5. The van der Waals surface area contributed by atoms with Crippen LogP contribution in [0.25, 0.3) is 0 Å². The van der Waals surface area contributed by atoms with Crippen molar-refractivity contribution >= 4 is 0 Å². The van der Waals surface area contributed by atoms with Crippen molar-refractivity contribution < 1.29 is 34.4 Å². The lowest BCUT2D eigenvalue weighted by Crippen LogP contribution is -2.17. The average molecular weight is 356 g/mol. The van der Waals surface area contributed by atoms with Crippen LogP contribution in [0.4, 0.5) is 0 Å². The number of hydrogen-bond donors (Lipinski definition) is 1. The molecular weight excluding hydrogens is 316 g/mol. The fourth-order valence-electron chi connectivity index (χ4n) is 2.10. The van der Waals surface area contributed by atoms with Gasteiger partial charge < -0.3 is 19.3 Å². The van der Waals surface area contributed by atoms with Crippen LogP contribution in [0.1, 0.15) is 45.4 Å². The summed E-state index contributed by atoms with van der Waals surface area (Å²) in [6.07, 6.45) is -8.68. The van der Waals surface area contributed by atoms with Gasteiger partial charge in [0, 0.05) is 5.48 Å². The molecule has 2 rings (SSSR count). The standard InChI is InChI=1S/C21H28O4/c1-16-7-6-10-19(13-16)25-15-18(22)9-5-4-8-17-11-12-20(23-2)21(14-17)24-3/h6-7,10-14,18,22H,4-5,8-9,15H2,1-3H3/i2D3,3D3,8D2,9D2,18D. The number of rotatable bonds is 10. The Bertz CT molecular complexity index is 1030. The first-order valence-electron chi connectivity index (χ1n) is 13.2. The fraction of sp³-hybridized carbons (Fsp3) is 0.429. The Balaban J connectivity index is 2.19. The van der Waals surface area contributed by atoms with Crippen molar-refractivity contribution in [3.05, 3.63) is 53.6 Å². The van der Waals surface area contributed by atoms with Gasteiger partial charge in [0.25, 0.3) is 0 Å². The van der Waals surface area contributed by atoms with E-state index in [0.29, 0.717) is 5.75 Å². The molecule has 136 valence electrons. The third-order valence-corrected chi connectivity index (χ3v) is 3.31. The fourth-order valence-corrected chi connectivity index (χ4v) is 2.10. The molecule has 4 nitrogen and oxygen atoms in total. The van der Waals surface area contributed by atoms with Gasteiger partial charge in [-0.05, 0) is 61.5 Å². The van der Waals surface area contributed by atoms with Crippen LogP contribution in [0.2, 0.25) is 0 Å². The van der Waals surface area contributed by atoms with Crippen molar-refractivity contribution in [2.24, 2.45) is 0 Å². The Morgan fingerprint density at radius 3 is 2.76 bits per heavy atom. The molecule has 0 aliphatic heterocycles. The smallest absolute Gasteiger partial charge is 0.160 e. The van der Waals surface area contributed by atoms with Gasteiger partial charge in [-0.25, -0.2) is 0 Å². The normalized spacial score (nSPS) is 21.8. The van der Waals surface area contributed by atoms with E-state index in [1.165, 1.54) is 0 Å². The van der Waals surface area contributed by atoms with Gasteiger partial charge in [-0.2, -0.15) is 0 Å². The predicted octanol–water partition coefficient (Wildman–Crippen LogP) is 4.16. The molecule has 0 heterocycles. The highest BCUT2D eigenvalue weighted by molar-refractivity contribution is 5.42. The molecule has 0 saturated carbocycles. The number of ether oxygens (including phenoxy) is 3. The van der Waals surface area contributed by atoms with E-state index in [4.69, 9.17) is 29.3 Å². The number of hydrogen-bond acceptors (Lipinski definition) is 4. The maximum atomic E-state index is 10.4. The zero-order valence-corrected chi connectivity index (χ0v) is 13.8. The molecule has 1 atom stereocenters. The second-order valence-electron chi connectivity index (χ2n) is 5.27. The monoisotopic (exact) mass is 355 g/mol. The lowest BCUT2D eigenvalue weighted by atomic mass is 10.0. The quantitative estimate of drug-likeness (QED) is 0.695. The molecule has 2 aromatic carbocycles. The summed E-state index contributed by atoms with van der Waals surface area (Å²) in [6.45, 7) is 1.11. The molecule has 1 unspecified atom stereocenters. The summed E-state index contributed by atoms with van der Waals surface area (Å²) in [5.74, 6) is -0.623. The van der Waals surface area contributed by atoms with E-state index in [1.54, 1.807) is 18.2 Å². The van der Waals surface area contributed by atoms with Gasteiger partial charge >= 0.3 is 0 Å². The molecule has 0 aromatic heterocycles. The second-order valence-corrected chi connectivity index (χ2v) is 5.27. The summed E-state index contributed by atoms with van der Waals surface area (Å²) in [6, 6.07) is 9.95. The molecule has 0 radical (unpaired) electrons. The lowest BCUT2D eigenvalue weighted by molar-refractivity contribution is 0.0976. The maximum absolute atomic E-state index is 10.4. The molecular formula is C21H28O4. The highest BCUT2D eigenvalue weighted by Gasteiger charge is 2.07. The maximum Gasteiger partial charge on any atom is 0.160 e. The van der Waals surface area contributed by atoms with E-state index in [2.05, 4.69) is 0 Å². The van der Waals surface area contributed by atoms with Gasteiger partial charge in [0.05, 0.1) is 29.8 Å². The zero-order chi connectivity index (χ0) is 27.6. The van der Waals surface area contributed by atoms with Gasteiger partial charge in [0.15, 0.2) is 11.5 Å². The molecule has 0 saturated heterocycles. The minimum atomic E-state index is -2.98. The summed E-state index contributed by atoms with van der Waals surface area (Å²) >= 11 is 0. The third-order valence-electron chi connectivity index (χ3n) is 3.31. The zero-order valence-electron chi connectivity index (χ0n) is 24.8. The topological polar surface area (TPSA) is 47.9 Å². The van der Waals surface area contributed by atoms with E-state index in [-0.39, 0.29) is 5.56 Å². The van der Waals surface area contributed by atoms with Crippen molar-refractivity contribution in [3.8, 4) is 17.2 Å². The molecule has 0 bridgehead atoms. The summed E-state index contributed by atoms with van der Waals surface area (Å²) in [5, 5.41) is 10.4. The van der Waals surface area contributed by atoms with E-state index in [9.17, 15) is 5.11 Å². The largest absolute Gasteiger partial charge is 0.493 e. The van der Waals surface area contributed by atoms with Crippen molar-refractivity contribution in [3.63, 3.8) is 0 Å². The lowest BCUT2D eigenvalue weighted by Gasteiger charge is -2.13. The molecule has 4 heteroatoms. The van der Waals surface area contributed by atoms with Crippen molar-refractivity contribution in [1.82, 2.24) is 0 Å². The van der Waals surface area contributed by atoms with Gasteiger partial charge in [-0.3, -0.25) is 0 Å². The van der Waals surface area contributed by atoms with Gasteiger partial charge in [-0.1, -0.05) is 24.6 Å². The van der Waals surface area contributed by atoms with E-state index in [1.807, 2.05) is 13.0 Å². The molecule has 2 aromatic rings. The SMILES string of the molecule is [2H]C([2H])([2H])Oc1ccc(C([2H])([2H])CCC([2H])([2H])C([2H])(O)COc2cccc(C)c2)cc1OC([2H])([2H])[2H]. The van der Waals surface area contributed by atoms with Gasteiger partial charge in [-0.15, -0.1) is 0 Å². The molecule has 0 spiro atoms. The van der Waals surface area contributed by atoms with Crippen LogP contribution < -0.4 is 14.2 Å². The van der Waals surface area contributed by atoms with Crippen LogP contribution >= 0.6 is 0 Å². The van der Waals surface area contributed by atoms with Crippen LogP contribution in [-0.4, -0.2) is 31.9 Å². The second kappa shape index (κ2) is 9.94. The Labute approximate surface area is 165 Å². The first kappa shape index (κ1) is 8.95. The molecule has 25 heavy (non-hydrogen) atoms. The highest BCUT2D eigenvalue weighted by atomic mass is 16.5. The number of aryl methyl sites for hydroxylation is 2. The molecule has 0 aliphatic carbocycles. The Morgan fingerprint density at radius 2 is 1.96 bits per heavy atom. The number of aliphatic hydroxyl groups is 1. The third kappa shape index (κ3) is 6.31. The molecule has 0 amide bonds.